The van der Waals surface area contributed by atoms with Crippen molar-refractivity contribution < 1.29 is 19.1 Å². The van der Waals surface area contributed by atoms with Gasteiger partial charge in [-0.15, -0.1) is 0 Å². The second kappa shape index (κ2) is 14.7. The van der Waals surface area contributed by atoms with Gasteiger partial charge >= 0.3 is 5.97 Å². The average molecular weight is 685 g/mol. The van der Waals surface area contributed by atoms with E-state index in [0.29, 0.717) is 17.9 Å². The van der Waals surface area contributed by atoms with E-state index in [9.17, 15) is 14.4 Å². The van der Waals surface area contributed by atoms with E-state index in [0.717, 1.165) is 41.5 Å². The van der Waals surface area contributed by atoms with Gasteiger partial charge in [0.15, 0.2) is 0 Å². The monoisotopic (exact) mass is 683 g/mol. The summed E-state index contributed by atoms with van der Waals surface area (Å²) < 4.78 is 4.80. The molecule has 7 rings (SSSR count). The maximum atomic E-state index is 14.2. The lowest BCUT2D eigenvalue weighted by Crippen LogP contribution is -2.50. The number of carbonyl (C=O) groups is 3. The number of amides is 2. The largest absolute Gasteiger partial charge is 0.462 e. The van der Waals surface area contributed by atoms with Gasteiger partial charge in [0.05, 0.1) is 34.0 Å². The zero-order valence-electron chi connectivity index (χ0n) is 27.0. The molecule has 2 atom stereocenters. The van der Waals surface area contributed by atoms with Crippen molar-refractivity contribution in [2.45, 2.75) is 101 Å². The summed E-state index contributed by atoms with van der Waals surface area (Å²) in [5.74, 6) is -2.19. The topological polar surface area (TPSA) is 63.7 Å². The van der Waals surface area contributed by atoms with Gasteiger partial charge in [-0.25, -0.2) is 9.69 Å². The number of anilines is 1. The maximum Gasteiger partial charge on any atom is 0.338 e. The number of benzene rings is 3. The minimum absolute atomic E-state index is 0.202. The molecule has 0 aromatic heterocycles. The van der Waals surface area contributed by atoms with Crippen molar-refractivity contribution in [3.63, 3.8) is 0 Å². The lowest BCUT2D eigenvalue weighted by Gasteiger charge is -2.51. The first-order valence-electron chi connectivity index (χ1n) is 17.5. The summed E-state index contributed by atoms with van der Waals surface area (Å²) in [7, 11) is 0. The Morgan fingerprint density at radius 3 is 1.85 bits per heavy atom. The van der Waals surface area contributed by atoms with E-state index in [1.807, 2.05) is 24.3 Å². The molecule has 3 aliphatic carbocycles. The van der Waals surface area contributed by atoms with Crippen molar-refractivity contribution in [3.8, 4) is 0 Å². The Hall–Kier alpha value is -3.25. The lowest BCUT2D eigenvalue weighted by atomic mass is 9.55. The Labute approximate surface area is 282 Å². The molecule has 1 saturated heterocycles. The Morgan fingerprint density at radius 1 is 0.717 bits per heavy atom. The van der Waals surface area contributed by atoms with Crippen LogP contribution in [0.25, 0.3) is 0 Å². The first-order chi connectivity index (χ1) is 22.5. The maximum absolute atomic E-state index is 14.2. The van der Waals surface area contributed by atoms with Crippen LogP contribution in [-0.4, -0.2) is 24.4 Å². The van der Waals surface area contributed by atoms with Gasteiger partial charge in [-0.3, -0.25) is 9.59 Å². The van der Waals surface area contributed by atoms with Crippen LogP contribution in [0.15, 0.2) is 72.8 Å². The zero-order valence-corrected chi connectivity index (χ0v) is 28.6. The van der Waals surface area contributed by atoms with Gasteiger partial charge in [-0.05, 0) is 46.9 Å². The second-order valence-electron chi connectivity index (χ2n) is 13.3. The molecular weight excluding hydrogens is 638 g/mol. The average Bonchev–Trinajstić information content (AvgIpc) is 3.35. The van der Waals surface area contributed by atoms with Crippen molar-refractivity contribution in [2.24, 2.45) is 11.8 Å². The number of nitrogens with zero attached hydrogens (tertiary/aromatic N) is 1. The smallest absolute Gasteiger partial charge is 0.338 e. The second-order valence-corrected chi connectivity index (χ2v) is 14.6. The molecule has 5 nitrogen and oxygen atoms in total. The summed E-state index contributed by atoms with van der Waals surface area (Å²) in [5.41, 5.74) is 5.05. The van der Waals surface area contributed by atoms with Gasteiger partial charge in [-0.2, -0.15) is 0 Å². The third-order valence-corrected chi connectivity index (χ3v) is 11.7. The highest BCUT2D eigenvalue weighted by molar-refractivity contribution is 9.09. The fraction of sp³-hybridized carbons (Fsp3) is 0.475. The standard InChI is InChI=1S/C40H46BrNO4/c1-2-3-4-5-6-7-8-9-10-11-12-13-18-26-46-39(45)28-20-19-21-29(27-28)42-37(43)35-34-30-22-14-16-24-32(30)40(41,36(35)38(42)44)33-25-17-15-23-31(33)34/h14-17,19-25,27,34-36H,2-13,18,26H2,1H3/t34?,35-,36+,40?/m0/s1. The van der Waals surface area contributed by atoms with E-state index in [4.69, 9.17) is 4.74 Å². The number of imide groups is 1. The summed E-state index contributed by atoms with van der Waals surface area (Å²) in [5, 5.41) is 0. The fourth-order valence-electron chi connectivity index (χ4n) is 8.07. The molecule has 1 heterocycles. The summed E-state index contributed by atoms with van der Waals surface area (Å²) in [6, 6.07) is 23.1. The molecular formula is C40H46BrNO4. The normalized spacial score (nSPS) is 22.5. The number of hydrogen-bond donors (Lipinski definition) is 0. The molecule has 2 amide bonds. The van der Waals surface area contributed by atoms with Crippen molar-refractivity contribution in [2.75, 3.05) is 11.5 Å². The fourth-order valence-corrected chi connectivity index (χ4v) is 9.28. The van der Waals surface area contributed by atoms with Crippen molar-refractivity contribution in [1.82, 2.24) is 0 Å². The summed E-state index contributed by atoms with van der Waals surface area (Å²) >= 11 is 4.04. The lowest BCUT2D eigenvalue weighted by molar-refractivity contribution is -0.122. The van der Waals surface area contributed by atoms with Gasteiger partial charge in [0.2, 0.25) is 11.8 Å². The molecule has 4 aliphatic rings. The number of esters is 1. The molecule has 2 bridgehead atoms. The van der Waals surface area contributed by atoms with Crippen LogP contribution in [0.1, 0.15) is 129 Å². The first-order valence-corrected chi connectivity index (χ1v) is 18.3. The van der Waals surface area contributed by atoms with E-state index in [1.54, 1.807) is 24.3 Å². The SMILES string of the molecule is CCCCCCCCCCCCCCCOC(=O)c1cccc(N2C(=O)[C@H]3C4c5ccccc5C(Br)(c5ccccc54)[C@H]3C2=O)c1. The van der Waals surface area contributed by atoms with Crippen molar-refractivity contribution in [1.29, 1.82) is 0 Å². The molecule has 0 spiro atoms. The van der Waals surface area contributed by atoms with E-state index in [-0.39, 0.29) is 17.7 Å². The highest BCUT2D eigenvalue weighted by Crippen LogP contribution is 2.66. The highest BCUT2D eigenvalue weighted by Gasteiger charge is 2.67. The van der Waals surface area contributed by atoms with Gasteiger partial charge in [0.25, 0.3) is 0 Å². The van der Waals surface area contributed by atoms with Crippen LogP contribution in [0.4, 0.5) is 5.69 Å². The van der Waals surface area contributed by atoms with Crippen LogP contribution in [0.2, 0.25) is 0 Å². The molecule has 1 fully saturated rings. The van der Waals surface area contributed by atoms with E-state index >= 15 is 0 Å². The Bertz CT molecular complexity index is 1520. The Balaban J connectivity index is 1.03. The molecule has 0 unspecified atom stereocenters. The summed E-state index contributed by atoms with van der Waals surface area (Å²) in [6.45, 7) is 2.63. The number of ether oxygens (including phenoxy) is 1. The number of alkyl halides is 1. The first kappa shape index (κ1) is 32.7. The zero-order chi connectivity index (χ0) is 32.1. The van der Waals surface area contributed by atoms with Crippen LogP contribution in [0, 0.1) is 11.8 Å². The van der Waals surface area contributed by atoms with Crippen molar-refractivity contribution >= 4 is 39.4 Å². The third-order valence-electron chi connectivity index (χ3n) is 10.3. The molecule has 0 saturated carbocycles. The number of halogens is 1. The minimum Gasteiger partial charge on any atom is -0.462 e. The molecule has 0 N–H and O–H groups in total. The third kappa shape index (κ3) is 6.10. The molecule has 1 aliphatic heterocycles. The van der Waals surface area contributed by atoms with E-state index < -0.39 is 22.1 Å². The molecule has 46 heavy (non-hydrogen) atoms. The van der Waals surface area contributed by atoms with Gasteiger partial charge < -0.3 is 4.74 Å². The van der Waals surface area contributed by atoms with Gasteiger partial charge in [0, 0.05) is 5.92 Å². The molecule has 3 aromatic rings. The molecule has 6 heteroatoms. The molecule has 0 radical (unpaired) electrons. The number of carbonyl (C=O) groups excluding carboxylic acids is 3. The predicted molar refractivity (Wildman–Crippen MR) is 186 cm³/mol. The number of rotatable bonds is 16. The minimum atomic E-state index is -0.800. The van der Waals surface area contributed by atoms with E-state index in [2.05, 4.69) is 47.1 Å². The van der Waals surface area contributed by atoms with Gasteiger partial charge in [-0.1, -0.05) is 155 Å². The van der Waals surface area contributed by atoms with Gasteiger partial charge in [0.1, 0.15) is 0 Å². The summed E-state index contributed by atoms with van der Waals surface area (Å²) in [4.78, 5) is 42.7. The van der Waals surface area contributed by atoms with Crippen LogP contribution < -0.4 is 4.90 Å². The van der Waals surface area contributed by atoms with Crippen LogP contribution in [0.3, 0.4) is 0 Å². The van der Waals surface area contributed by atoms with Crippen LogP contribution >= 0.6 is 15.9 Å². The molecule has 242 valence electrons. The van der Waals surface area contributed by atoms with Crippen molar-refractivity contribution in [3.05, 3.63) is 101 Å². The number of unbranched alkanes of at least 4 members (excludes halogenated alkanes) is 12. The van der Waals surface area contributed by atoms with E-state index in [1.165, 1.54) is 69.1 Å². The number of hydrogen-bond acceptors (Lipinski definition) is 4. The molecule has 3 aromatic carbocycles. The Morgan fingerprint density at radius 2 is 1.26 bits per heavy atom. The van der Waals surface area contributed by atoms with Crippen LogP contribution in [0.5, 0.6) is 0 Å². The summed E-state index contributed by atoms with van der Waals surface area (Å²) in [6.07, 6.45) is 16.4. The Kier molecular flexibility index (Phi) is 10.4. The highest BCUT2D eigenvalue weighted by atomic mass is 79.9. The van der Waals surface area contributed by atoms with Crippen LogP contribution in [-0.2, 0) is 18.7 Å². The predicted octanol–water partition coefficient (Wildman–Crippen LogP) is 9.84. The quantitative estimate of drug-likeness (QED) is 0.0652.